The van der Waals surface area contributed by atoms with E-state index in [1.807, 2.05) is 24.7 Å². The number of aryl methyl sites for hydroxylation is 1. The van der Waals surface area contributed by atoms with E-state index in [2.05, 4.69) is 44.0 Å². The number of carbonyl (C=O) groups is 2. The van der Waals surface area contributed by atoms with Crippen LogP contribution in [0.4, 0.5) is 0 Å². The summed E-state index contributed by atoms with van der Waals surface area (Å²) in [6.45, 7) is 9.00. The second-order valence-corrected chi connectivity index (χ2v) is 10.1. The van der Waals surface area contributed by atoms with Crippen molar-refractivity contribution in [2.24, 2.45) is 36.6 Å². The van der Waals surface area contributed by atoms with E-state index < -0.39 is 0 Å². The van der Waals surface area contributed by atoms with Crippen LogP contribution in [-0.4, -0.2) is 34.2 Å². The van der Waals surface area contributed by atoms with Crippen LogP contribution in [-0.2, 0) is 26.1 Å². The van der Waals surface area contributed by atoms with Crippen molar-refractivity contribution in [1.82, 2.24) is 9.55 Å². The highest BCUT2D eigenvalue weighted by Crippen LogP contribution is 2.45. The second kappa shape index (κ2) is 12.2. The molecule has 0 amide bonds. The van der Waals surface area contributed by atoms with Gasteiger partial charge in [-0.05, 0) is 69.3 Å². The van der Waals surface area contributed by atoms with Gasteiger partial charge in [0.15, 0.2) is 0 Å². The van der Waals surface area contributed by atoms with Gasteiger partial charge >= 0.3 is 11.9 Å². The molecular weight excluding hydrogens is 428 g/mol. The molecule has 2 aliphatic rings. The SMILES string of the molecule is CCOC(=O)C1CC=CC[C@@H](OC(=O)C=Cc2cn(C)cn2)C[C@H]2C(C)=CC[C@H](C(C)C)[C@H]2C1. The van der Waals surface area contributed by atoms with Crippen LogP contribution in [0.3, 0.4) is 0 Å². The molecule has 0 spiro atoms. The molecular formula is C28H40N2O4. The Morgan fingerprint density at radius 2 is 1.97 bits per heavy atom. The lowest BCUT2D eigenvalue weighted by Gasteiger charge is -2.42. The molecule has 3 rings (SSSR count). The van der Waals surface area contributed by atoms with Crippen LogP contribution in [0.5, 0.6) is 0 Å². The summed E-state index contributed by atoms with van der Waals surface area (Å²) in [5.74, 6) is 1.08. The summed E-state index contributed by atoms with van der Waals surface area (Å²) in [7, 11) is 1.89. The highest BCUT2D eigenvalue weighted by molar-refractivity contribution is 5.86. The van der Waals surface area contributed by atoms with Gasteiger partial charge in [0.05, 0.1) is 24.5 Å². The average Bonchev–Trinajstić information content (AvgIpc) is 3.21. The largest absolute Gasteiger partial charge is 0.466 e. The van der Waals surface area contributed by atoms with Gasteiger partial charge in [0.25, 0.3) is 0 Å². The molecule has 2 aliphatic carbocycles. The topological polar surface area (TPSA) is 70.4 Å². The van der Waals surface area contributed by atoms with E-state index in [0.29, 0.717) is 37.2 Å². The lowest BCUT2D eigenvalue weighted by Crippen LogP contribution is -2.37. The standard InChI is InChI=1S/C28H40N2O4/c1-6-33-28(32)21-9-7-8-10-23(34-27(31)14-12-22-17-30(5)18-29-22)16-25-20(4)11-13-24(19(2)3)26(25)15-21/h7-8,11-12,14,17-19,21,23-26H,6,9-10,13,15-16H2,1-5H3/t21?,23-,24-,25+,26-/m1/s1. The number of nitrogens with zero attached hydrogens (tertiary/aromatic N) is 2. The number of imidazole rings is 1. The maximum atomic E-state index is 12.7. The first-order valence-electron chi connectivity index (χ1n) is 12.6. The summed E-state index contributed by atoms with van der Waals surface area (Å²) in [5, 5.41) is 0. The number of carbonyl (C=O) groups excluding carboxylic acids is 2. The lowest BCUT2D eigenvalue weighted by atomic mass is 9.63. The second-order valence-electron chi connectivity index (χ2n) is 10.1. The third kappa shape index (κ3) is 6.94. The Hall–Kier alpha value is -2.63. The number of hydrogen-bond acceptors (Lipinski definition) is 5. The van der Waals surface area contributed by atoms with Gasteiger partial charge in [0, 0.05) is 25.7 Å². The Kier molecular flexibility index (Phi) is 9.31. The lowest BCUT2D eigenvalue weighted by molar-refractivity contribution is -0.149. The molecule has 0 radical (unpaired) electrons. The fourth-order valence-corrected chi connectivity index (χ4v) is 5.49. The molecule has 0 saturated heterocycles. The minimum atomic E-state index is -0.347. The maximum Gasteiger partial charge on any atom is 0.331 e. The minimum Gasteiger partial charge on any atom is -0.466 e. The summed E-state index contributed by atoms with van der Waals surface area (Å²) < 4.78 is 13.2. The normalized spacial score (nSPS) is 27.8. The molecule has 186 valence electrons. The van der Waals surface area contributed by atoms with Gasteiger partial charge in [-0.15, -0.1) is 0 Å². The molecule has 0 N–H and O–H groups in total. The van der Waals surface area contributed by atoms with Gasteiger partial charge < -0.3 is 14.0 Å². The molecule has 1 aromatic heterocycles. The van der Waals surface area contributed by atoms with Crippen LogP contribution >= 0.6 is 0 Å². The van der Waals surface area contributed by atoms with E-state index in [4.69, 9.17) is 9.47 Å². The molecule has 1 unspecified atom stereocenters. The number of fused-ring (bicyclic) bond motifs is 1. The Balaban J connectivity index is 1.81. The zero-order valence-corrected chi connectivity index (χ0v) is 21.3. The summed E-state index contributed by atoms with van der Waals surface area (Å²) in [6.07, 6.45) is 16.9. The van der Waals surface area contributed by atoms with Crippen molar-refractivity contribution in [3.8, 4) is 0 Å². The number of hydrogen-bond donors (Lipinski definition) is 0. The van der Waals surface area contributed by atoms with Gasteiger partial charge in [0.1, 0.15) is 6.10 Å². The third-order valence-corrected chi connectivity index (χ3v) is 7.30. The van der Waals surface area contributed by atoms with E-state index in [0.717, 1.165) is 25.0 Å². The smallest absolute Gasteiger partial charge is 0.331 e. The fourth-order valence-electron chi connectivity index (χ4n) is 5.49. The van der Waals surface area contributed by atoms with E-state index in [1.165, 1.54) is 11.6 Å². The quantitative estimate of drug-likeness (QED) is 0.313. The van der Waals surface area contributed by atoms with E-state index in [9.17, 15) is 9.59 Å². The van der Waals surface area contributed by atoms with Gasteiger partial charge in [0.2, 0.25) is 0 Å². The van der Waals surface area contributed by atoms with Crippen LogP contribution in [0.1, 0.15) is 65.5 Å². The molecule has 0 fully saturated rings. The number of ether oxygens (including phenoxy) is 2. The minimum absolute atomic E-state index is 0.0937. The zero-order chi connectivity index (χ0) is 24.7. The predicted octanol–water partition coefficient (Wildman–Crippen LogP) is 5.51. The molecule has 0 bridgehead atoms. The molecule has 6 nitrogen and oxygen atoms in total. The van der Waals surface area contributed by atoms with Crippen LogP contribution in [0.15, 0.2) is 42.4 Å². The van der Waals surface area contributed by atoms with Crippen LogP contribution in [0.2, 0.25) is 0 Å². The van der Waals surface area contributed by atoms with Crippen molar-refractivity contribution < 1.29 is 19.1 Å². The van der Waals surface area contributed by atoms with Gasteiger partial charge in [-0.1, -0.05) is 37.6 Å². The van der Waals surface area contributed by atoms with Crippen LogP contribution in [0, 0.1) is 29.6 Å². The summed E-state index contributed by atoms with van der Waals surface area (Å²) >= 11 is 0. The summed E-state index contributed by atoms with van der Waals surface area (Å²) in [6, 6.07) is 0. The number of esters is 2. The molecule has 0 aromatic carbocycles. The summed E-state index contributed by atoms with van der Waals surface area (Å²) in [5.41, 5.74) is 2.07. The van der Waals surface area contributed by atoms with Crippen molar-refractivity contribution >= 4 is 18.0 Å². The molecule has 1 aromatic rings. The van der Waals surface area contributed by atoms with E-state index >= 15 is 0 Å². The Morgan fingerprint density at radius 3 is 2.65 bits per heavy atom. The van der Waals surface area contributed by atoms with Crippen molar-refractivity contribution in [3.05, 3.63) is 48.1 Å². The van der Waals surface area contributed by atoms with Crippen LogP contribution < -0.4 is 0 Å². The summed E-state index contributed by atoms with van der Waals surface area (Å²) in [4.78, 5) is 29.6. The molecule has 0 saturated carbocycles. The van der Waals surface area contributed by atoms with E-state index in [1.54, 1.807) is 12.4 Å². The molecule has 5 atom stereocenters. The average molecular weight is 469 g/mol. The molecule has 0 aliphatic heterocycles. The van der Waals surface area contributed by atoms with Gasteiger partial charge in [-0.2, -0.15) is 0 Å². The number of aromatic nitrogens is 2. The van der Waals surface area contributed by atoms with Gasteiger partial charge in [-0.3, -0.25) is 4.79 Å². The van der Waals surface area contributed by atoms with Crippen molar-refractivity contribution in [1.29, 1.82) is 0 Å². The maximum absolute atomic E-state index is 12.7. The zero-order valence-electron chi connectivity index (χ0n) is 21.3. The monoisotopic (exact) mass is 468 g/mol. The Bertz CT molecular complexity index is 927. The highest BCUT2D eigenvalue weighted by atomic mass is 16.5. The fraction of sp³-hybridized carbons (Fsp3) is 0.607. The molecule has 6 heteroatoms. The number of rotatable bonds is 6. The Labute approximate surface area is 204 Å². The third-order valence-electron chi connectivity index (χ3n) is 7.30. The predicted molar refractivity (Wildman–Crippen MR) is 134 cm³/mol. The molecule has 1 heterocycles. The van der Waals surface area contributed by atoms with Crippen LogP contribution in [0.25, 0.3) is 6.08 Å². The van der Waals surface area contributed by atoms with Crippen molar-refractivity contribution in [2.45, 2.75) is 65.9 Å². The first kappa shape index (κ1) is 26.0. The Morgan fingerprint density at radius 1 is 1.21 bits per heavy atom. The van der Waals surface area contributed by atoms with Gasteiger partial charge in [-0.25, -0.2) is 9.78 Å². The highest BCUT2D eigenvalue weighted by Gasteiger charge is 2.39. The first-order chi connectivity index (χ1) is 16.3. The van der Waals surface area contributed by atoms with Crippen molar-refractivity contribution in [2.75, 3.05) is 6.61 Å². The number of allylic oxidation sites excluding steroid dienone is 3. The van der Waals surface area contributed by atoms with Crippen molar-refractivity contribution in [3.63, 3.8) is 0 Å². The van der Waals surface area contributed by atoms with E-state index in [-0.39, 0.29) is 29.9 Å². The first-order valence-corrected chi connectivity index (χ1v) is 12.6. The molecule has 34 heavy (non-hydrogen) atoms.